The highest BCUT2D eigenvalue weighted by Crippen LogP contribution is 2.42. The van der Waals surface area contributed by atoms with Gasteiger partial charge in [-0.3, -0.25) is 0 Å². The van der Waals surface area contributed by atoms with E-state index in [0.29, 0.717) is 23.7 Å². The van der Waals surface area contributed by atoms with E-state index < -0.39 is 17.3 Å². The van der Waals surface area contributed by atoms with Gasteiger partial charge >= 0.3 is 6.18 Å². The number of halogens is 4. The van der Waals surface area contributed by atoms with E-state index in [1.807, 2.05) is 0 Å². The van der Waals surface area contributed by atoms with Crippen LogP contribution in [0.3, 0.4) is 0 Å². The van der Waals surface area contributed by atoms with E-state index in [0.717, 1.165) is 24.8 Å². The minimum absolute atomic E-state index is 0.174. The second-order valence-electron chi connectivity index (χ2n) is 7.99. The Hall–Kier alpha value is -2.19. The lowest BCUT2D eigenvalue weighted by molar-refractivity contribution is -0.0975. The SMILES string of the molecule is CCCCCN(C)C1=C(C(F)(F)F)CC(N)(c2nc(Cc3ccc(F)cc3)cs2)C=C1. The Balaban J connectivity index is 1.81. The van der Waals surface area contributed by atoms with Crippen molar-refractivity contribution in [3.05, 3.63) is 75.1 Å². The zero-order valence-electron chi connectivity index (χ0n) is 17.7. The molecule has 2 N–H and O–H groups in total. The van der Waals surface area contributed by atoms with Gasteiger partial charge in [-0.05, 0) is 30.2 Å². The van der Waals surface area contributed by atoms with E-state index in [9.17, 15) is 17.6 Å². The first-order chi connectivity index (χ1) is 14.6. The van der Waals surface area contributed by atoms with Crippen LogP contribution in [0, 0.1) is 5.82 Å². The summed E-state index contributed by atoms with van der Waals surface area (Å²) in [5, 5.41) is 2.24. The Kier molecular flexibility index (Phi) is 7.21. The summed E-state index contributed by atoms with van der Waals surface area (Å²) in [6.07, 6.45) is 1.56. The molecule has 0 saturated heterocycles. The smallest absolute Gasteiger partial charge is 0.374 e. The molecule has 1 aliphatic rings. The van der Waals surface area contributed by atoms with Gasteiger partial charge in [0.2, 0.25) is 0 Å². The summed E-state index contributed by atoms with van der Waals surface area (Å²) in [5.74, 6) is -0.321. The molecule has 2 aromatic rings. The molecule has 3 nitrogen and oxygen atoms in total. The molecule has 8 heteroatoms. The Morgan fingerprint density at radius 3 is 2.55 bits per heavy atom. The average Bonchev–Trinajstić information content (AvgIpc) is 3.18. The van der Waals surface area contributed by atoms with Gasteiger partial charge in [-0.1, -0.05) is 38.0 Å². The normalized spacial score (nSPS) is 19.2. The number of unbranched alkanes of at least 4 members (excludes halogenated alkanes) is 2. The molecule has 3 rings (SSSR count). The molecule has 0 fully saturated rings. The van der Waals surface area contributed by atoms with Crippen LogP contribution in [-0.4, -0.2) is 29.7 Å². The lowest BCUT2D eigenvalue weighted by Crippen LogP contribution is -2.40. The number of nitrogens with two attached hydrogens (primary N) is 1. The van der Waals surface area contributed by atoms with Crippen molar-refractivity contribution in [2.24, 2.45) is 5.73 Å². The van der Waals surface area contributed by atoms with E-state index in [1.165, 1.54) is 29.5 Å². The fourth-order valence-electron chi connectivity index (χ4n) is 3.65. The lowest BCUT2D eigenvalue weighted by atomic mass is 9.85. The van der Waals surface area contributed by atoms with Crippen molar-refractivity contribution in [1.29, 1.82) is 0 Å². The first kappa shape index (κ1) is 23.5. The highest BCUT2D eigenvalue weighted by atomic mass is 32.1. The third-order valence-corrected chi connectivity index (χ3v) is 6.50. The van der Waals surface area contributed by atoms with E-state index in [2.05, 4.69) is 11.9 Å². The van der Waals surface area contributed by atoms with Gasteiger partial charge in [-0.15, -0.1) is 11.3 Å². The van der Waals surface area contributed by atoms with Gasteiger partial charge in [0, 0.05) is 37.5 Å². The predicted octanol–water partition coefficient (Wildman–Crippen LogP) is 5.93. The van der Waals surface area contributed by atoms with E-state index in [-0.39, 0.29) is 17.9 Å². The second-order valence-corrected chi connectivity index (χ2v) is 8.85. The third kappa shape index (κ3) is 5.74. The van der Waals surface area contributed by atoms with Crippen molar-refractivity contribution in [2.45, 2.75) is 50.7 Å². The number of hydrogen-bond acceptors (Lipinski definition) is 4. The van der Waals surface area contributed by atoms with Crippen LogP contribution in [0.1, 0.15) is 48.9 Å². The van der Waals surface area contributed by atoms with Gasteiger partial charge in [0.25, 0.3) is 0 Å². The Bertz CT molecular complexity index is 946. The molecular weight excluding hydrogens is 426 g/mol. The lowest BCUT2D eigenvalue weighted by Gasteiger charge is -2.34. The fraction of sp³-hybridized carbons (Fsp3) is 0.435. The summed E-state index contributed by atoms with van der Waals surface area (Å²) in [7, 11) is 1.69. The fourth-order valence-corrected chi connectivity index (χ4v) is 4.57. The van der Waals surface area contributed by atoms with Crippen molar-refractivity contribution in [2.75, 3.05) is 13.6 Å². The molecule has 0 saturated carbocycles. The highest BCUT2D eigenvalue weighted by Gasteiger charge is 2.44. The van der Waals surface area contributed by atoms with E-state index in [1.54, 1.807) is 35.5 Å². The topological polar surface area (TPSA) is 42.1 Å². The molecule has 1 atom stereocenters. The molecule has 1 aliphatic carbocycles. The van der Waals surface area contributed by atoms with Crippen LogP contribution in [0.5, 0.6) is 0 Å². The van der Waals surface area contributed by atoms with Crippen LogP contribution in [0.15, 0.2) is 53.1 Å². The summed E-state index contributed by atoms with van der Waals surface area (Å²) in [6.45, 7) is 2.62. The van der Waals surface area contributed by atoms with Crippen molar-refractivity contribution < 1.29 is 17.6 Å². The Morgan fingerprint density at radius 1 is 1.19 bits per heavy atom. The zero-order valence-corrected chi connectivity index (χ0v) is 18.5. The van der Waals surface area contributed by atoms with Gasteiger partial charge in [0.1, 0.15) is 10.8 Å². The molecular formula is C23H27F4N3S. The van der Waals surface area contributed by atoms with E-state index in [4.69, 9.17) is 5.73 Å². The summed E-state index contributed by atoms with van der Waals surface area (Å²) in [6, 6.07) is 6.07. The quantitative estimate of drug-likeness (QED) is 0.398. The van der Waals surface area contributed by atoms with Crippen molar-refractivity contribution in [3.8, 4) is 0 Å². The van der Waals surface area contributed by atoms with Crippen LogP contribution in [0.4, 0.5) is 17.6 Å². The van der Waals surface area contributed by atoms with Gasteiger partial charge in [0.05, 0.1) is 16.8 Å². The summed E-state index contributed by atoms with van der Waals surface area (Å²) in [4.78, 5) is 6.18. The molecule has 0 aliphatic heterocycles. The van der Waals surface area contributed by atoms with Gasteiger partial charge < -0.3 is 10.6 Å². The minimum atomic E-state index is -4.47. The molecule has 0 spiro atoms. The largest absolute Gasteiger partial charge is 0.414 e. The summed E-state index contributed by atoms with van der Waals surface area (Å²) < 4.78 is 54.8. The Morgan fingerprint density at radius 2 is 1.90 bits per heavy atom. The van der Waals surface area contributed by atoms with Crippen LogP contribution in [0.2, 0.25) is 0 Å². The highest BCUT2D eigenvalue weighted by molar-refractivity contribution is 7.09. The van der Waals surface area contributed by atoms with Gasteiger partial charge in [-0.25, -0.2) is 9.37 Å². The summed E-state index contributed by atoms with van der Waals surface area (Å²) >= 11 is 1.25. The van der Waals surface area contributed by atoms with E-state index >= 15 is 0 Å². The monoisotopic (exact) mass is 453 g/mol. The molecule has 1 aromatic carbocycles. The second kappa shape index (κ2) is 9.53. The number of nitrogens with zero attached hydrogens (tertiary/aromatic N) is 2. The molecule has 1 unspecified atom stereocenters. The van der Waals surface area contributed by atoms with Crippen molar-refractivity contribution in [1.82, 2.24) is 9.88 Å². The molecule has 31 heavy (non-hydrogen) atoms. The van der Waals surface area contributed by atoms with Crippen molar-refractivity contribution in [3.63, 3.8) is 0 Å². The molecule has 0 amide bonds. The number of likely N-dealkylation sites (N-methyl/N-ethyl adjacent to an activating group) is 1. The number of aromatic nitrogens is 1. The van der Waals surface area contributed by atoms with Crippen LogP contribution in [-0.2, 0) is 12.0 Å². The maximum Gasteiger partial charge on any atom is 0.414 e. The first-order valence-corrected chi connectivity index (χ1v) is 11.2. The third-order valence-electron chi connectivity index (χ3n) is 5.42. The predicted molar refractivity (Wildman–Crippen MR) is 116 cm³/mol. The summed E-state index contributed by atoms with van der Waals surface area (Å²) in [5.41, 5.74) is 6.25. The first-order valence-electron chi connectivity index (χ1n) is 10.3. The molecule has 168 valence electrons. The molecule has 1 aromatic heterocycles. The number of benzene rings is 1. The standard InChI is InChI=1S/C23H27F4N3S/c1-3-4-5-12-30(2)20-10-11-22(28,14-19(20)23(25,26)27)21-29-18(15-31-21)13-16-6-8-17(24)9-7-16/h6-11,15H,3-5,12-14,28H2,1-2H3. The number of alkyl halides is 3. The minimum Gasteiger partial charge on any atom is -0.374 e. The van der Waals surface area contributed by atoms with Crippen LogP contribution in [0.25, 0.3) is 0 Å². The number of allylic oxidation sites excluding steroid dienone is 1. The number of thiazole rings is 1. The van der Waals surface area contributed by atoms with Gasteiger partial charge in [0.15, 0.2) is 0 Å². The molecule has 0 radical (unpaired) electrons. The van der Waals surface area contributed by atoms with Gasteiger partial charge in [-0.2, -0.15) is 13.2 Å². The maximum absolute atomic E-state index is 13.9. The average molecular weight is 454 g/mol. The van der Waals surface area contributed by atoms with Crippen LogP contribution >= 0.6 is 11.3 Å². The van der Waals surface area contributed by atoms with Crippen molar-refractivity contribution >= 4 is 11.3 Å². The maximum atomic E-state index is 13.9. The number of rotatable bonds is 8. The molecule has 0 bridgehead atoms. The number of hydrogen-bond donors (Lipinski definition) is 1. The zero-order chi connectivity index (χ0) is 22.6. The molecule has 1 heterocycles. The Labute approximate surface area is 184 Å². The van der Waals surface area contributed by atoms with Crippen LogP contribution < -0.4 is 5.73 Å².